The molecule has 1 heterocycles. The Morgan fingerprint density at radius 3 is 2.77 bits per heavy atom. The van der Waals surface area contributed by atoms with Gasteiger partial charge in [-0.05, 0) is 25.1 Å². The predicted molar refractivity (Wildman–Crippen MR) is 91.7 cm³/mol. The number of aromatic nitrogens is 2. The zero-order valence-corrected chi connectivity index (χ0v) is 14.3. The standard InChI is InChI=1S/C17H12ClN3O5/c1-10-11(6-4-8-14(10)21(23)24)17(22)25-9-15-19-16(20-26-15)12-5-2-3-7-13(12)18/h2-8H,9H2,1H3. The first-order valence-electron chi connectivity index (χ1n) is 7.46. The third-order valence-electron chi connectivity index (χ3n) is 3.63. The van der Waals surface area contributed by atoms with Crippen LogP contribution >= 0.6 is 11.6 Å². The van der Waals surface area contributed by atoms with Gasteiger partial charge >= 0.3 is 5.97 Å². The van der Waals surface area contributed by atoms with Crippen LogP contribution in [0.3, 0.4) is 0 Å². The van der Waals surface area contributed by atoms with Crippen LogP contribution in [0.25, 0.3) is 11.4 Å². The van der Waals surface area contributed by atoms with Crippen molar-refractivity contribution in [2.45, 2.75) is 13.5 Å². The van der Waals surface area contributed by atoms with E-state index < -0.39 is 10.9 Å². The van der Waals surface area contributed by atoms with Crippen LogP contribution in [0.15, 0.2) is 47.0 Å². The molecule has 0 N–H and O–H groups in total. The van der Waals surface area contributed by atoms with E-state index in [1.165, 1.54) is 25.1 Å². The van der Waals surface area contributed by atoms with Gasteiger partial charge in [0.15, 0.2) is 6.61 Å². The first-order valence-corrected chi connectivity index (χ1v) is 7.84. The molecule has 26 heavy (non-hydrogen) atoms. The predicted octanol–water partition coefficient (Wildman–Crippen LogP) is 3.96. The van der Waals surface area contributed by atoms with E-state index in [2.05, 4.69) is 10.1 Å². The lowest BCUT2D eigenvalue weighted by molar-refractivity contribution is -0.385. The topological polar surface area (TPSA) is 108 Å². The van der Waals surface area contributed by atoms with Crippen LogP contribution in [-0.2, 0) is 11.3 Å². The maximum absolute atomic E-state index is 12.2. The fourth-order valence-electron chi connectivity index (χ4n) is 2.31. The van der Waals surface area contributed by atoms with Gasteiger partial charge in [0.1, 0.15) is 0 Å². The Morgan fingerprint density at radius 1 is 1.27 bits per heavy atom. The molecule has 0 fully saturated rings. The number of ether oxygens (including phenoxy) is 1. The summed E-state index contributed by atoms with van der Waals surface area (Å²) in [6.45, 7) is 1.22. The maximum Gasteiger partial charge on any atom is 0.339 e. The number of carbonyl (C=O) groups excluding carboxylic acids is 1. The van der Waals surface area contributed by atoms with Gasteiger partial charge in [0.05, 0.1) is 15.5 Å². The Balaban J connectivity index is 1.72. The fraction of sp³-hybridized carbons (Fsp3) is 0.118. The lowest BCUT2D eigenvalue weighted by atomic mass is 10.1. The van der Waals surface area contributed by atoms with Crippen LogP contribution in [0.5, 0.6) is 0 Å². The number of hydrogen-bond donors (Lipinski definition) is 0. The Labute approximate surface area is 152 Å². The van der Waals surface area contributed by atoms with Crippen LogP contribution in [-0.4, -0.2) is 21.0 Å². The number of halogens is 1. The Bertz CT molecular complexity index is 986. The van der Waals surface area contributed by atoms with Crippen molar-refractivity contribution in [1.29, 1.82) is 0 Å². The van der Waals surface area contributed by atoms with E-state index in [1.807, 2.05) is 0 Å². The molecule has 132 valence electrons. The summed E-state index contributed by atoms with van der Waals surface area (Å²) in [4.78, 5) is 26.7. The van der Waals surface area contributed by atoms with E-state index in [4.69, 9.17) is 20.9 Å². The maximum atomic E-state index is 12.2. The number of rotatable bonds is 5. The van der Waals surface area contributed by atoms with Crippen molar-refractivity contribution >= 4 is 23.3 Å². The number of esters is 1. The quantitative estimate of drug-likeness (QED) is 0.378. The van der Waals surface area contributed by atoms with Crippen molar-refractivity contribution < 1.29 is 19.0 Å². The lowest BCUT2D eigenvalue weighted by Crippen LogP contribution is -2.08. The molecule has 0 unspecified atom stereocenters. The Hall–Kier alpha value is -3.26. The second kappa shape index (κ2) is 7.32. The summed E-state index contributed by atoms with van der Waals surface area (Å²) in [6, 6.07) is 11.2. The van der Waals surface area contributed by atoms with E-state index in [-0.39, 0.29) is 35.1 Å². The highest BCUT2D eigenvalue weighted by molar-refractivity contribution is 6.33. The minimum atomic E-state index is -0.719. The van der Waals surface area contributed by atoms with Crippen LogP contribution in [0.4, 0.5) is 5.69 Å². The molecule has 8 nitrogen and oxygen atoms in total. The minimum absolute atomic E-state index is 0.0800. The number of nitro benzene ring substituents is 1. The van der Waals surface area contributed by atoms with Gasteiger partial charge in [-0.1, -0.05) is 35.0 Å². The molecule has 3 aromatic rings. The second-order valence-corrected chi connectivity index (χ2v) is 5.68. The van der Waals surface area contributed by atoms with Gasteiger partial charge in [0.25, 0.3) is 11.6 Å². The number of carbonyl (C=O) groups is 1. The minimum Gasteiger partial charge on any atom is -0.452 e. The molecule has 0 aliphatic rings. The van der Waals surface area contributed by atoms with Crippen molar-refractivity contribution in [3.63, 3.8) is 0 Å². The third-order valence-corrected chi connectivity index (χ3v) is 3.96. The van der Waals surface area contributed by atoms with Gasteiger partial charge in [0, 0.05) is 17.2 Å². The van der Waals surface area contributed by atoms with Crippen molar-refractivity contribution in [3.05, 3.63) is 74.6 Å². The highest BCUT2D eigenvalue weighted by Crippen LogP contribution is 2.25. The molecule has 2 aromatic carbocycles. The monoisotopic (exact) mass is 373 g/mol. The number of benzene rings is 2. The van der Waals surface area contributed by atoms with E-state index in [0.717, 1.165) is 0 Å². The van der Waals surface area contributed by atoms with Crippen LogP contribution in [0.1, 0.15) is 21.8 Å². The average Bonchev–Trinajstić information content (AvgIpc) is 3.08. The van der Waals surface area contributed by atoms with Gasteiger partial charge in [-0.2, -0.15) is 4.98 Å². The van der Waals surface area contributed by atoms with Crippen molar-refractivity contribution in [2.24, 2.45) is 0 Å². The SMILES string of the molecule is Cc1c(C(=O)OCc2nc(-c3ccccc3Cl)no2)cccc1[N+](=O)[O-]. The van der Waals surface area contributed by atoms with Crippen molar-refractivity contribution in [1.82, 2.24) is 10.1 Å². The zero-order valence-electron chi connectivity index (χ0n) is 13.5. The number of nitro groups is 1. The van der Waals surface area contributed by atoms with Gasteiger partial charge in [-0.3, -0.25) is 10.1 Å². The van der Waals surface area contributed by atoms with E-state index in [1.54, 1.807) is 24.3 Å². The van der Waals surface area contributed by atoms with Crippen LogP contribution < -0.4 is 0 Å². The largest absolute Gasteiger partial charge is 0.452 e. The summed E-state index contributed by atoms with van der Waals surface area (Å²) >= 11 is 6.07. The highest BCUT2D eigenvalue weighted by atomic mass is 35.5. The van der Waals surface area contributed by atoms with Crippen molar-refractivity contribution in [3.8, 4) is 11.4 Å². The smallest absolute Gasteiger partial charge is 0.339 e. The molecule has 0 aliphatic carbocycles. The molecule has 0 atom stereocenters. The molecule has 1 aromatic heterocycles. The summed E-state index contributed by atoms with van der Waals surface area (Å²) in [5, 5.41) is 15.2. The van der Waals surface area contributed by atoms with E-state index in [9.17, 15) is 14.9 Å². The summed E-state index contributed by atoms with van der Waals surface area (Å²) in [5.74, 6) is -0.367. The van der Waals surface area contributed by atoms with Gasteiger partial charge in [-0.15, -0.1) is 0 Å². The Kier molecular flexibility index (Phi) is 4.94. The lowest BCUT2D eigenvalue weighted by Gasteiger charge is -2.05. The number of hydrogen-bond acceptors (Lipinski definition) is 7. The molecular weight excluding hydrogens is 362 g/mol. The van der Waals surface area contributed by atoms with E-state index >= 15 is 0 Å². The van der Waals surface area contributed by atoms with Crippen LogP contribution in [0.2, 0.25) is 5.02 Å². The summed E-state index contributed by atoms with van der Waals surface area (Å²) in [7, 11) is 0. The molecule has 0 saturated carbocycles. The first-order chi connectivity index (χ1) is 12.5. The first kappa shape index (κ1) is 17.6. The molecular formula is C17H12ClN3O5. The molecule has 0 aliphatic heterocycles. The van der Waals surface area contributed by atoms with Gasteiger partial charge < -0.3 is 9.26 Å². The number of nitrogens with zero attached hydrogens (tertiary/aromatic N) is 3. The van der Waals surface area contributed by atoms with Crippen LogP contribution in [0, 0.1) is 17.0 Å². The fourth-order valence-corrected chi connectivity index (χ4v) is 2.53. The molecule has 0 radical (unpaired) electrons. The normalized spacial score (nSPS) is 10.5. The molecule has 0 amide bonds. The molecule has 9 heteroatoms. The summed E-state index contributed by atoms with van der Waals surface area (Å²) < 4.78 is 10.2. The van der Waals surface area contributed by atoms with E-state index in [0.29, 0.717) is 10.6 Å². The van der Waals surface area contributed by atoms with Gasteiger partial charge in [-0.25, -0.2) is 4.79 Å². The average molecular weight is 374 g/mol. The molecule has 0 spiro atoms. The molecule has 3 rings (SSSR count). The van der Waals surface area contributed by atoms with Gasteiger partial charge in [0.2, 0.25) is 5.82 Å². The third kappa shape index (κ3) is 3.55. The summed E-state index contributed by atoms with van der Waals surface area (Å²) in [5.41, 5.74) is 0.762. The molecule has 0 bridgehead atoms. The second-order valence-electron chi connectivity index (χ2n) is 5.27. The summed E-state index contributed by atoms with van der Waals surface area (Å²) in [6.07, 6.45) is 0. The molecule has 0 saturated heterocycles. The van der Waals surface area contributed by atoms with Crippen molar-refractivity contribution in [2.75, 3.05) is 0 Å². The highest BCUT2D eigenvalue weighted by Gasteiger charge is 2.20. The Morgan fingerprint density at radius 2 is 2.04 bits per heavy atom. The zero-order chi connectivity index (χ0) is 18.7.